The summed E-state index contributed by atoms with van der Waals surface area (Å²) in [5, 5.41) is 0. The van der Waals surface area contributed by atoms with Gasteiger partial charge in [0, 0.05) is 18.9 Å². The van der Waals surface area contributed by atoms with Gasteiger partial charge in [-0.15, -0.1) is 0 Å². The van der Waals surface area contributed by atoms with E-state index < -0.39 is 33.5 Å². The van der Waals surface area contributed by atoms with Gasteiger partial charge in [-0.1, -0.05) is 25.8 Å². The van der Waals surface area contributed by atoms with Crippen LogP contribution in [0.2, 0.25) is 0 Å². The maximum absolute atomic E-state index is 12.2. The fraction of sp³-hybridized carbons (Fsp3) is 0.615. The fourth-order valence-corrected chi connectivity index (χ4v) is 2.14. The number of allylic oxidation sites excluding steroid dienone is 1. The molecule has 0 radical (unpaired) electrons. The van der Waals surface area contributed by atoms with E-state index in [-0.39, 0.29) is 12.8 Å². The van der Waals surface area contributed by atoms with Gasteiger partial charge in [0.1, 0.15) is 11.9 Å². The lowest BCUT2D eigenvalue weighted by molar-refractivity contribution is -0.147. The van der Waals surface area contributed by atoms with Crippen molar-refractivity contribution in [3.63, 3.8) is 0 Å². The van der Waals surface area contributed by atoms with Crippen molar-refractivity contribution in [3.05, 3.63) is 24.0 Å². The highest BCUT2D eigenvalue weighted by Crippen LogP contribution is 2.28. The number of ether oxygens (including phenoxy) is 1. The van der Waals surface area contributed by atoms with Crippen molar-refractivity contribution in [1.82, 2.24) is 0 Å². The molecular formula is C13H17F3O5S. The summed E-state index contributed by atoms with van der Waals surface area (Å²) < 4.78 is 67.5. The number of hydrogen-bond donors (Lipinski definition) is 0. The lowest BCUT2D eigenvalue weighted by Gasteiger charge is -2.18. The summed E-state index contributed by atoms with van der Waals surface area (Å²) in [4.78, 5) is 11.5. The summed E-state index contributed by atoms with van der Waals surface area (Å²) in [6, 6.07) is 0. The quantitative estimate of drug-likeness (QED) is 0.308. The van der Waals surface area contributed by atoms with E-state index in [1.165, 1.54) is 6.08 Å². The van der Waals surface area contributed by atoms with Crippen molar-refractivity contribution in [2.24, 2.45) is 0 Å². The van der Waals surface area contributed by atoms with Crippen molar-refractivity contribution in [1.29, 1.82) is 0 Å². The Morgan fingerprint density at radius 2 is 2.05 bits per heavy atom. The summed E-state index contributed by atoms with van der Waals surface area (Å²) in [6.45, 7) is 1.98. The van der Waals surface area contributed by atoms with Crippen molar-refractivity contribution >= 4 is 16.1 Å². The molecule has 0 aromatic heterocycles. The van der Waals surface area contributed by atoms with Gasteiger partial charge in [-0.05, 0) is 12.5 Å². The van der Waals surface area contributed by atoms with Gasteiger partial charge in [-0.2, -0.15) is 21.6 Å². The molecule has 1 rings (SSSR count). The molecule has 0 amide bonds. The zero-order valence-corrected chi connectivity index (χ0v) is 12.7. The monoisotopic (exact) mass is 342 g/mol. The first-order valence-electron chi connectivity index (χ1n) is 6.74. The van der Waals surface area contributed by atoms with Crippen LogP contribution in [0.15, 0.2) is 24.0 Å². The van der Waals surface area contributed by atoms with Crippen molar-refractivity contribution in [2.75, 3.05) is 0 Å². The van der Waals surface area contributed by atoms with Crippen LogP contribution in [0.5, 0.6) is 0 Å². The number of carbonyl (C=O) groups is 1. The first-order valence-corrected chi connectivity index (χ1v) is 8.15. The predicted molar refractivity (Wildman–Crippen MR) is 71.9 cm³/mol. The van der Waals surface area contributed by atoms with Crippen LogP contribution in [0.1, 0.15) is 39.0 Å². The normalized spacial score (nSPS) is 18.7. The second kappa shape index (κ2) is 7.66. The van der Waals surface area contributed by atoms with Crippen LogP contribution in [-0.2, 0) is 23.8 Å². The van der Waals surface area contributed by atoms with Crippen LogP contribution >= 0.6 is 0 Å². The average Bonchev–Trinajstić information content (AvgIpc) is 2.37. The van der Waals surface area contributed by atoms with E-state index in [0.29, 0.717) is 6.42 Å². The summed E-state index contributed by atoms with van der Waals surface area (Å²) >= 11 is 0. The maximum Gasteiger partial charge on any atom is 0.534 e. The molecule has 0 saturated heterocycles. The third kappa shape index (κ3) is 5.70. The molecule has 0 aromatic rings. The SMILES string of the molecule is CCCCCC(=O)OC1C=C(OS(=O)(=O)C(F)(F)F)C=CC1. The Balaban J connectivity index is 2.62. The zero-order chi connectivity index (χ0) is 16.8. The number of halogens is 3. The molecular weight excluding hydrogens is 325 g/mol. The van der Waals surface area contributed by atoms with E-state index >= 15 is 0 Å². The van der Waals surface area contributed by atoms with Crippen molar-refractivity contribution < 1.29 is 35.3 Å². The number of carbonyl (C=O) groups excluding carboxylic acids is 1. The Kier molecular flexibility index (Phi) is 6.46. The summed E-state index contributed by atoms with van der Waals surface area (Å²) in [6.07, 6.45) is 5.60. The fourth-order valence-electron chi connectivity index (χ4n) is 1.68. The Hall–Kier alpha value is -1.51. The van der Waals surface area contributed by atoms with Crippen LogP contribution < -0.4 is 0 Å². The van der Waals surface area contributed by atoms with Gasteiger partial charge in [0.25, 0.3) is 0 Å². The highest BCUT2D eigenvalue weighted by molar-refractivity contribution is 7.87. The molecule has 0 heterocycles. The Bertz CT molecular complexity index is 549. The van der Waals surface area contributed by atoms with Gasteiger partial charge < -0.3 is 8.92 Å². The third-order valence-electron chi connectivity index (χ3n) is 2.76. The first-order chi connectivity index (χ1) is 10.2. The van der Waals surface area contributed by atoms with Crippen LogP contribution in [0.3, 0.4) is 0 Å². The van der Waals surface area contributed by atoms with E-state index in [4.69, 9.17) is 4.74 Å². The molecule has 0 aromatic carbocycles. The molecule has 0 aliphatic heterocycles. The Labute approximate surface area is 126 Å². The van der Waals surface area contributed by atoms with Gasteiger partial charge in [-0.25, -0.2) is 0 Å². The molecule has 1 atom stereocenters. The van der Waals surface area contributed by atoms with Gasteiger partial charge in [0.15, 0.2) is 0 Å². The number of unbranched alkanes of at least 4 members (excludes halogenated alkanes) is 2. The largest absolute Gasteiger partial charge is 0.534 e. The zero-order valence-electron chi connectivity index (χ0n) is 11.9. The molecule has 0 bridgehead atoms. The number of alkyl halides is 3. The Morgan fingerprint density at radius 3 is 2.64 bits per heavy atom. The van der Waals surface area contributed by atoms with Gasteiger partial charge in [-0.3, -0.25) is 4.79 Å². The standard InChI is InChI=1S/C13H17F3O5S/c1-2-3-4-8-12(17)20-10-6-5-7-11(9-10)21-22(18,19)13(14,15)16/h5,7,9-10H,2-4,6,8H2,1H3. The smallest absolute Gasteiger partial charge is 0.458 e. The van der Waals surface area contributed by atoms with Crippen molar-refractivity contribution in [3.8, 4) is 0 Å². The van der Waals surface area contributed by atoms with Gasteiger partial charge >= 0.3 is 21.6 Å². The predicted octanol–water partition coefficient (Wildman–Crippen LogP) is 3.19. The number of rotatable bonds is 7. The van der Waals surface area contributed by atoms with E-state index in [1.54, 1.807) is 0 Å². The first kappa shape index (κ1) is 18.5. The second-order valence-corrected chi connectivity index (χ2v) is 6.21. The summed E-state index contributed by atoms with van der Waals surface area (Å²) in [7, 11) is -5.73. The molecule has 0 N–H and O–H groups in total. The molecule has 0 fully saturated rings. The summed E-state index contributed by atoms with van der Waals surface area (Å²) in [5.74, 6) is -1.00. The molecule has 0 spiro atoms. The van der Waals surface area contributed by atoms with Crippen LogP contribution in [0.4, 0.5) is 13.2 Å². The summed E-state index contributed by atoms with van der Waals surface area (Å²) in [5.41, 5.74) is -5.51. The van der Waals surface area contributed by atoms with Crippen LogP contribution in [0.25, 0.3) is 0 Å². The van der Waals surface area contributed by atoms with Crippen molar-refractivity contribution in [2.45, 2.75) is 50.6 Å². The van der Waals surface area contributed by atoms with E-state index in [9.17, 15) is 26.4 Å². The highest BCUT2D eigenvalue weighted by atomic mass is 32.2. The van der Waals surface area contributed by atoms with Gasteiger partial charge in [0.2, 0.25) is 0 Å². The van der Waals surface area contributed by atoms with Crippen LogP contribution in [0, 0.1) is 0 Å². The third-order valence-corrected chi connectivity index (χ3v) is 3.74. The lowest BCUT2D eigenvalue weighted by atomic mass is 10.1. The highest BCUT2D eigenvalue weighted by Gasteiger charge is 2.48. The Morgan fingerprint density at radius 1 is 1.36 bits per heavy atom. The molecule has 126 valence electrons. The van der Waals surface area contributed by atoms with E-state index in [1.807, 2.05) is 6.92 Å². The molecule has 9 heteroatoms. The molecule has 0 saturated carbocycles. The van der Waals surface area contributed by atoms with Gasteiger partial charge in [0.05, 0.1) is 0 Å². The average molecular weight is 342 g/mol. The van der Waals surface area contributed by atoms with E-state index in [2.05, 4.69) is 4.18 Å². The molecule has 1 unspecified atom stereocenters. The number of hydrogen-bond acceptors (Lipinski definition) is 5. The lowest BCUT2D eigenvalue weighted by Crippen LogP contribution is -2.26. The molecule has 22 heavy (non-hydrogen) atoms. The topological polar surface area (TPSA) is 69.7 Å². The minimum Gasteiger partial charge on any atom is -0.458 e. The maximum atomic E-state index is 12.2. The molecule has 1 aliphatic rings. The van der Waals surface area contributed by atoms with E-state index in [0.717, 1.165) is 25.0 Å². The molecule has 1 aliphatic carbocycles. The minimum atomic E-state index is -5.73. The second-order valence-electron chi connectivity index (χ2n) is 4.68. The molecule has 5 nitrogen and oxygen atoms in total. The van der Waals surface area contributed by atoms with Crippen LogP contribution in [-0.4, -0.2) is 26.0 Å². The minimum absolute atomic E-state index is 0.207. The number of esters is 1.